The van der Waals surface area contributed by atoms with E-state index in [1.807, 2.05) is 16.8 Å². The summed E-state index contributed by atoms with van der Waals surface area (Å²) in [7, 11) is 0. The molecule has 2 rings (SSSR count). The first-order valence-corrected chi connectivity index (χ1v) is 6.07. The van der Waals surface area contributed by atoms with Crippen molar-refractivity contribution in [1.29, 1.82) is 0 Å². The van der Waals surface area contributed by atoms with E-state index >= 15 is 0 Å². The molecule has 2 aromatic rings. The molecule has 0 aliphatic heterocycles. The SMILES string of the molecule is N/C(=N\O)c1c(F)cccc1OCc1ccsc1. The van der Waals surface area contributed by atoms with Crippen LogP contribution in [0.25, 0.3) is 0 Å². The molecule has 1 heterocycles. The van der Waals surface area contributed by atoms with Crippen LogP contribution in [0.15, 0.2) is 40.2 Å². The molecule has 4 nitrogen and oxygen atoms in total. The van der Waals surface area contributed by atoms with Gasteiger partial charge in [-0.3, -0.25) is 0 Å². The number of nitrogens with zero attached hydrogens (tertiary/aromatic N) is 1. The van der Waals surface area contributed by atoms with Crippen LogP contribution < -0.4 is 10.5 Å². The molecule has 3 N–H and O–H groups in total. The lowest BCUT2D eigenvalue weighted by Gasteiger charge is -2.10. The van der Waals surface area contributed by atoms with Crippen molar-refractivity contribution in [3.05, 3.63) is 52.0 Å². The minimum Gasteiger partial charge on any atom is -0.488 e. The Kier molecular flexibility index (Phi) is 3.78. The maximum absolute atomic E-state index is 13.6. The topological polar surface area (TPSA) is 67.8 Å². The normalized spacial score (nSPS) is 11.5. The smallest absolute Gasteiger partial charge is 0.176 e. The predicted octanol–water partition coefficient (Wildman–Crippen LogP) is 2.56. The van der Waals surface area contributed by atoms with Crippen molar-refractivity contribution in [2.24, 2.45) is 10.9 Å². The molecule has 0 amide bonds. The summed E-state index contributed by atoms with van der Waals surface area (Å²) in [6, 6.07) is 6.22. The van der Waals surface area contributed by atoms with E-state index in [4.69, 9.17) is 15.7 Å². The highest BCUT2D eigenvalue weighted by Crippen LogP contribution is 2.22. The number of hydrogen-bond acceptors (Lipinski definition) is 4. The Morgan fingerprint density at radius 3 is 2.94 bits per heavy atom. The number of rotatable bonds is 4. The van der Waals surface area contributed by atoms with Crippen LogP contribution in [0.3, 0.4) is 0 Å². The zero-order valence-corrected chi connectivity index (χ0v) is 10.2. The van der Waals surface area contributed by atoms with Crippen molar-refractivity contribution in [1.82, 2.24) is 0 Å². The molecule has 0 saturated heterocycles. The number of hydrogen-bond donors (Lipinski definition) is 2. The Labute approximate surface area is 107 Å². The second-order valence-corrected chi connectivity index (χ2v) is 4.30. The molecule has 0 atom stereocenters. The molecular weight excluding hydrogens is 255 g/mol. The third-order valence-corrected chi connectivity index (χ3v) is 3.05. The Bertz CT molecular complexity index is 555. The minimum atomic E-state index is -0.590. The molecule has 0 aliphatic rings. The number of amidine groups is 1. The van der Waals surface area contributed by atoms with Gasteiger partial charge in [-0.15, -0.1) is 0 Å². The van der Waals surface area contributed by atoms with Gasteiger partial charge in [0.25, 0.3) is 0 Å². The van der Waals surface area contributed by atoms with E-state index in [0.29, 0.717) is 6.61 Å². The van der Waals surface area contributed by atoms with Gasteiger partial charge in [0.15, 0.2) is 5.84 Å². The summed E-state index contributed by atoms with van der Waals surface area (Å²) < 4.78 is 19.1. The largest absolute Gasteiger partial charge is 0.488 e. The van der Waals surface area contributed by atoms with Crippen LogP contribution >= 0.6 is 11.3 Å². The van der Waals surface area contributed by atoms with E-state index in [1.165, 1.54) is 12.1 Å². The molecule has 94 valence electrons. The Balaban J connectivity index is 2.24. The number of nitrogens with two attached hydrogens (primary N) is 1. The molecule has 1 aromatic carbocycles. The van der Waals surface area contributed by atoms with Crippen LogP contribution in [0.2, 0.25) is 0 Å². The average Bonchev–Trinajstić information content (AvgIpc) is 2.88. The van der Waals surface area contributed by atoms with Gasteiger partial charge in [-0.25, -0.2) is 4.39 Å². The van der Waals surface area contributed by atoms with Gasteiger partial charge in [-0.2, -0.15) is 11.3 Å². The summed E-state index contributed by atoms with van der Waals surface area (Å²) in [5.41, 5.74) is 6.38. The third-order valence-electron chi connectivity index (χ3n) is 2.31. The maximum Gasteiger partial charge on any atom is 0.176 e. The summed E-state index contributed by atoms with van der Waals surface area (Å²) in [6.07, 6.45) is 0. The molecule has 0 unspecified atom stereocenters. The van der Waals surface area contributed by atoms with Gasteiger partial charge in [-0.1, -0.05) is 11.2 Å². The lowest BCUT2D eigenvalue weighted by atomic mass is 10.1. The number of oxime groups is 1. The van der Waals surface area contributed by atoms with E-state index in [1.54, 1.807) is 17.4 Å². The zero-order chi connectivity index (χ0) is 13.0. The molecule has 18 heavy (non-hydrogen) atoms. The molecule has 0 bridgehead atoms. The van der Waals surface area contributed by atoms with Gasteiger partial charge in [0.2, 0.25) is 0 Å². The van der Waals surface area contributed by atoms with Crippen LogP contribution in [0.4, 0.5) is 4.39 Å². The number of thiophene rings is 1. The molecule has 0 spiro atoms. The second kappa shape index (κ2) is 5.50. The van der Waals surface area contributed by atoms with Gasteiger partial charge in [0.1, 0.15) is 18.2 Å². The Morgan fingerprint density at radius 1 is 1.44 bits per heavy atom. The van der Waals surface area contributed by atoms with Crippen LogP contribution in [-0.4, -0.2) is 11.0 Å². The molecule has 0 saturated carbocycles. The van der Waals surface area contributed by atoms with Gasteiger partial charge in [0, 0.05) is 0 Å². The predicted molar refractivity (Wildman–Crippen MR) is 67.6 cm³/mol. The van der Waals surface area contributed by atoms with E-state index in [2.05, 4.69) is 5.16 Å². The van der Waals surface area contributed by atoms with Crippen LogP contribution in [0, 0.1) is 5.82 Å². The third kappa shape index (κ3) is 2.60. The van der Waals surface area contributed by atoms with Gasteiger partial charge in [-0.05, 0) is 34.5 Å². The number of ether oxygens (including phenoxy) is 1. The molecule has 1 aromatic heterocycles. The van der Waals surface area contributed by atoms with Crippen molar-refractivity contribution in [3.63, 3.8) is 0 Å². The van der Waals surface area contributed by atoms with Gasteiger partial charge < -0.3 is 15.7 Å². The van der Waals surface area contributed by atoms with E-state index in [0.717, 1.165) is 5.56 Å². The summed E-state index contributed by atoms with van der Waals surface area (Å²) in [4.78, 5) is 0. The quantitative estimate of drug-likeness (QED) is 0.387. The molecule has 0 aliphatic carbocycles. The van der Waals surface area contributed by atoms with E-state index in [9.17, 15) is 4.39 Å². The van der Waals surface area contributed by atoms with Crippen molar-refractivity contribution in [2.45, 2.75) is 6.61 Å². The Morgan fingerprint density at radius 2 is 2.28 bits per heavy atom. The second-order valence-electron chi connectivity index (χ2n) is 3.52. The number of benzene rings is 1. The standard InChI is InChI=1S/C12H11FN2O2S/c13-9-2-1-3-10(11(9)12(14)15-16)17-6-8-4-5-18-7-8/h1-5,7,16H,6H2,(H2,14,15). The zero-order valence-electron chi connectivity index (χ0n) is 9.34. The lowest BCUT2D eigenvalue weighted by molar-refractivity contribution is 0.301. The van der Waals surface area contributed by atoms with Crippen molar-refractivity contribution in [3.8, 4) is 5.75 Å². The van der Waals surface area contributed by atoms with Crippen molar-refractivity contribution in [2.75, 3.05) is 0 Å². The number of halogens is 1. The first-order chi connectivity index (χ1) is 8.72. The van der Waals surface area contributed by atoms with Crippen molar-refractivity contribution < 1.29 is 14.3 Å². The molecule has 0 fully saturated rings. The minimum absolute atomic E-state index is 0.0322. The summed E-state index contributed by atoms with van der Waals surface area (Å²) in [5.74, 6) is -0.655. The molecule has 0 radical (unpaired) electrons. The molecular formula is C12H11FN2O2S. The van der Waals surface area contributed by atoms with E-state index in [-0.39, 0.29) is 17.1 Å². The first kappa shape index (κ1) is 12.4. The van der Waals surface area contributed by atoms with E-state index < -0.39 is 5.82 Å². The van der Waals surface area contributed by atoms with Gasteiger partial charge in [0.05, 0.1) is 5.56 Å². The highest BCUT2D eigenvalue weighted by molar-refractivity contribution is 7.07. The van der Waals surface area contributed by atoms with Gasteiger partial charge >= 0.3 is 0 Å². The fourth-order valence-electron chi connectivity index (χ4n) is 1.46. The highest BCUT2D eigenvalue weighted by atomic mass is 32.1. The maximum atomic E-state index is 13.6. The highest BCUT2D eigenvalue weighted by Gasteiger charge is 2.14. The Hall–Kier alpha value is -2.08. The monoisotopic (exact) mass is 266 g/mol. The fourth-order valence-corrected chi connectivity index (χ4v) is 2.11. The van der Waals surface area contributed by atoms with Crippen molar-refractivity contribution >= 4 is 17.2 Å². The van der Waals surface area contributed by atoms with Crippen LogP contribution in [0.1, 0.15) is 11.1 Å². The summed E-state index contributed by atoms with van der Waals surface area (Å²) >= 11 is 1.55. The lowest BCUT2D eigenvalue weighted by Crippen LogP contribution is -2.16. The van der Waals surface area contributed by atoms with Crippen LogP contribution in [-0.2, 0) is 6.61 Å². The molecule has 6 heteroatoms. The summed E-state index contributed by atoms with van der Waals surface area (Å²) in [5, 5.41) is 15.3. The van der Waals surface area contributed by atoms with Crippen LogP contribution in [0.5, 0.6) is 5.75 Å². The average molecular weight is 266 g/mol. The summed E-state index contributed by atoms with van der Waals surface area (Å²) in [6.45, 7) is 0.304. The first-order valence-electron chi connectivity index (χ1n) is 5.12. The fraction of sp³-hybridized carbons (Fsp3) is 0.0833.